The molecule has 0 spiro atoms. The summed E-state index contributed by atoms with van der Waals surface area (Å²) in [6.45, 7) is 2.18. The van der Waals surface area contributed by atoms with Gasteiger partial charge in [0.1, 0.15) is 6.73 Å². The SMILES string of the molecule is CNCOC(=O)c1cccc(C)c1. The predicted molar refractivity (Wildman–Crippen MR) is 50.5 cm³/mol. The molecule has 3 nitrogen and oxygen atoms in total. The van der Waals surface area contributed by atoms with Crippen LogP contribution in [0.15, 0.2) is 24.3 Å². The van der Waals surface area contributed by atoms with Crippen molar-refractivity contribution < 1.29 is 9.53 Å². The number of esters is 1. The van der Waals surface area contributed by atoms with Gasteiger partial charge in [0.05, 0.1) is 5.56 Å². The van der Waals surface area contributed by atoms with Crippen LogP contribution in [0.25, 0.3) is 0 Å². The Morgan fingerprint density at radius 1 is 1.54 bits per heavy atom. The van der Waals surface area contributed by atoms with E-state index >= 15 is 0 Å². The minimum atomic E-state index is -0.293. The maximum Gasteiger partial charge on any atom is 0.339 e. The molecular formula is C10H13NO2. The fraction of sp³-hybridized carbons (Fsp3) is 0.300. The van der Waals surface area contributed by atoms with E-state index in [2.05, 4.69) is 5.32 Å². The predicted octanol–water partition coefficient (Wildman–Crippen LogP) is 1.33. The van der Waals surface area contributed by atoms with Gasteiger partial charge in [-0.25, -0.2) is 4.79 Å². The van der Waals surface area contributed by atoms with Crippen LogP contribution in [0.2, 0.25) is 0 Å². The van der Waals surface area contributed by atoms with E-state index in [0.717, 1.165) is 5.56 Å². The number of aryl methyl sites for hydroxylation is 1. The molecular weight excluding hydrogens is 166 g/mol. The smallest absolute Gasteiger partial charge is 0.339 e. The molecule has 1 rings (SSSR count). The van der Waals surface area contributed by atoms with E-state index in [0.29, 0.717) is 5.56 Å². The third-order valence-corrected chi connectivity index (χ3v) is 1.60. The first-order valence-corrected chi connectivity index (χ1v) is 4.12. The minimum absolute atomic E-state index is 0.243. The van der Waals surface area contributed by atoms with E-state index < -0.39 is 0 Å². The second kappa shape index (κ2) is 4.62. The van der Waals surface area contributed by atoms with Gasteiger partial charge in [-0.3, -0.25) is 5.32 Å². The van der Waals surface area contributed by atoms with Crippen LogP contribution in [0.5, 0.6) is 0 Å². The van der Waals surface area contributed by atoms with Crippen LogP contribution in [0.1, 0.15) is 15.9 Å². The van der Waals surface area contributed by atoms with Crippen LogP contribution in [0, 0.1) is 6.92 Å². The zero-order chi connectivity index (χ0) is 9.68. The van der Waals surface area contributed by atoms with Gasteiger partial charge in [0.2, 0.25) is 0 Å². The zero-order valence-electron chi connectivity index (χ0n) is 7.83. The Balaban J connectivity index is 2.66. The van der Waals surface area contributed by atoms with Gasteiger partial charge in [0.25, 0.3) is 0 Å². The fourth-order valence-corrected chi connectivity index (χ4v) is 0.993. The van der Waals surface area contributed by atoms with Crippen molar-refractivity contribution >= 4 is 5.97 Å². The highest BCUT2D eigenvalue weighted by atomic mass is 16.5. The molecule has 0 aliphatic rings. The molecule has 70 valence electrons. The van der Waals surface area contributed by atoms with Crippen LogP contribution in [0.3, 0.4) is 0 Å². The van der Waals surface area contributed by atoms with Crippen molar-refractivity contribution in [3.8, 4) is 0 Å². The number of benzene rings is 1. The van der Waals surface area contributed by atoms with Crippen LogP contribution in [-0.4, -0.2) is 19.7 Å². The summed E-state index contributed by atoms with van der Waals surface area (Å²) in [7, 11) is 1.73. The van der Waals surface area contributed by atoms with Gasteiger partial charge in [0, 0.05) is 0 Å². The van der Waals surface area contributed by atoms with E-state index in [4.69, 9.17) is 4.74 Å². The lowest BCUT2D eigenvalue weighted by molar-refractivity contribution is 0.0481. The second-order valence-electron chi connectivity index (χ2n) is 2.80. The molecule has 0 saturated heterocycles. The molecule has 0 bridgehead atoms. The molecule has 0 aliphatic heterocycles. The topological polar surface area (TPSA) is 38.3 Å². The van der Waals surface area contributed by atoms with Gasteiger partial charge in [-0.05, 0) is 26.1 Å². The van der Waals surface area contributed by atoms with E-state index in [1.165, 1.54) is 0 Å². The molecule has 3 heteroatoms. The van der Waals surface area contributed by atoms with Crippen molar-refractivity contribution in [1.29, 1.82) is 0 Å². The van der Waals surface area contributed by atoms with E-state index in [1.807, 2.05) is 19.1 Å². The van der Waals surface area contributed by atoms with E-state index in [9.17, 15) is 4.79 Å². The molecule has 0 heterocycles. The van der Waals surface area contributed by atoms with Gasteiger partial charge in [0.15, 0.2) is 0 Å². The van der Waals surface area contributed by atoms with Gasteiger partial charge in [-0.1, -0.05) is 17.7 Å². The van der Waals surface area contributed by atoms with Gasteiger partial charge in [-0.15, -0.1) is 0 Å². The average Bonchev–Trinajstić information content (AvgIpc) is 2.14. The third-order valence-electron chi connectivity index (χ3n) is 1.60. The molecule has 0 fully saturated rings. The Morgan fingerprint density at radius 3 is 2.92 bits per heavy atom. The van der Waals surface area contributed by atoms with Gasteiger partial charge < -0.3 is 4.74 Å². The number of hydrogen-bond acceptors (Lipinski definition) is 3. The summed E-state index contributed by atoms with van der Waals surface area (Å²) in [6, 6.07) is 7.32. The number of rotatable bonds is 3. The minimum Gasteiger partial charge on any atom is -0.446 e. The first-order chi connectivity index (χ1) is 6.24. The Bertz CT molecular complexity index is 297. The van der Waals surface area contributed by atoms with Crippen LogP contribution < -0.4 is 5.32 Å². The molecule has 0 amide bonds. The molecule has 0 atom stereocenters. The van der Waals surface area contributed by atoms with E-state index in [1.54, 1.807) is 19.2 Å². The van der Waals surface area contributed by atoms with Crippen molar-refractivity contribution in [1.82, 2.24) is 5.32 Å². The lowest BCUT2D eigenvalue weighted by Gasteiger charge is -2.03. The molecule has 0 aromatic heterocycles. The summed E-state index contributed by atoms with van der Waals surface area (Å²) in [5.41, 5.74) is 1.65. The number of ether oxygens (including phenoxy) is 1. The molecule has 0 unspecified atom stereocenters. The van der Waals surface area contributed by atoms with Crippen LogP contribution in [0.4, 0.5) is 0 Å². The van der Waals surface area contributed by atoms with Gasteiger partial charge >= 0.3 is 5.97 Å². The average molecular weight is 179 g/mol. The Morgan fingerprint density at radius 2 is 2.31 bits per heavy atom. The highest BCUT2D eigenvalue weighted by Gasteiger charge is 2.05. The summed E-state index contributed by atoms with van der Waals surface area (Å²) in [6.07, 6.45) is 0. The summed E-state index contributed by atoms with van der Waals surface area (Å²) < 4.78 is 4.88. The number of carbonyl (C=O) groups is 1. The standard InChI is InChI=1S/C10H13NO2/c1-8-4-3-5-9(6-8)10(12)13-7-11-2/h3-6,11H,7H2,1-2H3. The summed E-state index contributed by atoms with van der Waals surface area (Å²) >= 11 is 0. The van der Waals surface area contributed by atoms with Crippen molar-refractivity contribution in [2.24, 2.45) is 0 Å². The van der Waals surface area contributed by atoms with Crippen molar-refractivity contribution in [2.45, 2.75) is 6.92 Å². The van der Waals surface area contributed by atoms with Crippen molar-refractivity contribution in [3.05, 3.63) is 35.4 Å². The van der Waals surface area contributed by atoms with Crippen LogP contribution >= 0.6 is 0 Å². The normalized spacial score (nSPS) is 9.69. The quantitative estimate of drug-likeness (QED) is 0.562. The maximum absolute atomic E-state index is 11.3. The Labute approximate surface area is 77.7 Å². The Hall–Kier alpha value is -1.35. The first-order valence-electron chi connectivity index (χ1n) is 4.12. The fourth-order valence-electron chi connectivity index (χ4n) is 0.993. The number of carbonyl (C=O) groups excluding carboxylic acids is 1. The lowest BCUT2D eigenvalue weighted by atomic mass is 10.1. The van der Waals surface area contributed by atoms with Gasteiger partial charge in [-0.2, -0.15) is 0 Å². The van der Waals surface area contributed by atoms with Crippen molar-refractivity contribution in [3.63, 3.8) is 0 Å². The monoisotopic (exact) mass is 179 g/mol. The second-order valence-corrected chi connectivity index (χ2v) is 2.80. The zero-order valence-corrected chi connectivity index (χ0v) is 7.83. The number of nitrogens with one attached hydrogen (secondary N) is 1. The largest absolute Gasteiger partial charge is 0.446 e. The third kappa shape index (κ3) is 2.87. The van der Waals surface area contributed by atoms with Crippen LogP contribution in [-0.2, 0) is 4.74 Å². The highest BCUT2D eigenvalue weighted by molar-refractivity contribution is 5.89. The lowest BCUT2D eigenvalue weighted by Crippen LogP contribution is -2.16. The highest BCUT2D eigenvalue weighted by Crippen LogP contribution is 2.04. The molecule has 0 saturated carbocycles. The van der Waals surface area contributed by atoms with E-state index in [-0.39, 0.29) is 12.7 Å². The summed E-state index contributed by atoms with van der Waals surface area (Å²) in [5.74, 6) is -0.293. The molecule has 0 radical (unpaired) electrons. The summed E-state index contributed by atoms with van der Waals surface area (Å²) in [5, 5.41) is 2.74. The first kappa shape index (κ1) is 9.74. The molecule has 0 aliphatic carbocycles. The maximum atomic E-state index is 11.3. The Kier molecular flexibility index (Phi) is 3.46. The molecule has 13 heavy (non-hydrogen) atoms. The van der Waals surface area contributed by atoms with Crippen molar-refractivity contribution in [2.75, 3.05) is 13.8 Å². The number of hydrogen-bond donors (Lipinski definition) is 1. The molecule has 1 aromatic rings. The molecule has 1 aromatic carbocycles. The summed E-state index contributed by atoms with van der Waals surface area (Å²) in [4.78, 5) is 11.3. The molecule has 1 N–H and O–H groups in total.